The van der Waals surface area contributed by atoms with Gasteiger partial charge in [-0.05, 0) is 49.4 Å². The molecule has 1 aliphatic rings. The lowest BCUT2D eigenvalue weighted by Gasteiger charge is -2.35. The molecule has 1 aromatic carbocycles. The predicted octanol–water partition coefficient (Wildman–Crippen LogP) is 4.92. The molecule has 26 heavy (non-hydrogen) atoms. The molecule has 1 aliphatic heterocycles. The van der Waals surface area contributed by atoms with Crippen molar-refractivity contribution in [2.75, 3.05) is 13.1 Å². The third-order valence-corrected chi connectivity index (χ3v) is 5.10. The molecule has 4 nitrogen and oxygen atoms in total. The fraction of sp³-hybridized carbons (Fsp3) is 0.364. The molecule has 0 N–H and O–H groups in total. The smallest absolute Gasteiger partial charge is 0.254 e. The predicted molar refractivity (Wildman–Crippen MR) is 103 cm³/mol. The van der Waals surface area contributed by atoms with Gasteiger partial charge < -0.3 is 9.32 Å². The number of amides is 1. The second kappa shape index (κ2) is 6.60. The standard InChI is InChI=1S/C22H24N2O2/c1-14-10-15(2)13-24(12-14)22(25)18-11-20(21-9-8-16(3)26-21)23-19-7-5-4-6-17(18)19/h4-9,11,14-15H,10,12-13H2,1-3H3/t14-,15-/m1/s1. The molecule has 1 amide bonds. The van der Waals surface area contributed by atoms with Crippen LogP contribution in [-0.2, 0) is 0 Å². The molecule has 1 saturated heterocycles. The Bertz CT molecular complexity index is 950. The van der Waals surface area contributed by atoms with Crippen LogP contribution >= 0.6 is 0 Å². The third kappa shape index (κ3) is 3.12. The van der Waals surface area contributed by atoms with E-state index in [0.29, 0.717) is 28.9 Å². The molecule has 3 heterocycles. The summed E-state index contributed by atoms with van der Waals surface area (Å²) < 4.78 is 5.75. The summed E-state index contributed by atoms with van der Waals surface area (Å²) in [7, 11) is 0. The van der Waals surface area contributed by atoms with Gasteiger partial charge in [-0.15, -0.1) is 0 Å². The highest BCUT2D eigenvalue weighted by atomic mass is 16.3. The van der Waals surface area contributed by atoms with Gasteiger partial charge in [-0.3, -0.25) is 4.79 Å². The average molecular weight is 348 g/mol. The van der Waals surface area contributed by atoms with Crippen LogP contribution < -0.4 is 0 Å². The zero-order valence-corrected chi connectivity index (χ0v) is 15.5. The number of fused-ring (bicyclic) bond motifs is 1. The number of carbonyl (C=O) groups excluding carboxylic acids is 1. The van der Waals surface area contributed by atoms with Crippen LogP contribution in [0.3, 0.4) is 0 Å². The summed E-state index contributed by atoms with van der Waals surface area (Å²) in [5.74, 6) is 2.68. The van der Waals surface area contributed by atoms with Crippen LogP contribution in [0.25, 0.3) is 22.4 Å². The van der Waals surface area contributed by atoms with Crippen LogP contribution in [-0.4, -0.2) is 28.9 Å². The zero-order valence-electron chi connectivity index (χ0n) is 15.5. The zero-order chi connectivity index (χ0) is 18.3. The summed E-state index contributed by atoms with van der Waals surface area (Å²) in [6.45, 7) is 7.98. The summed E-state index contributed by atoms with van der Waals surface area (Å²) in [5, 5.41) is 0.899. The number of likely N-dealkylation sites (tertiary alicyclic amines) is 1. The normalized spacial score (nSPS) is 20.5. The summed E-state index contributed by atoms with van der Waals surface area (Å²) in [6.07, 6.45) is 1.18. The van der Waals surface area contributed by atoms with Crippen molar-refractivity contribution < 1.29 is 9.21 Å². The largest absolute Gasteiger partial charge is 0.460 e. The van der Waals surface area contributed by atoms with Crippen molar-refractivity contribution in [1.29, 1.82) is 0 Å². The molecule has 3 aromatic rings. The summed E-state index contributed by atoms with van der Waals surface area (Å²) >= 11 is 0. The van der Waals surface area contributed by atoms with Crippen molar-refractivity contribution in [2.24, 2.45) is 11.8 Å². The van der Waals surface area contributed by atoms with E-state index in [1.165, 1.54) is 6.42 Å². The van der Waals surface area contributed by atoms with Crippen LogP contribution in [0.1, 0.15) is 36.4 Å². The van der Waals surface area contributed by atoms with E-state index in [2.05, 4.69) is 13.8 Å². The first-order chi connectivity index (χ1) is 12.5. The molecule has 0 bridgehead atoms. The van der Waals surface area contributed by atoms with Gasteiger partial charge in [0.05, 0.1) is 11.1 Å². The number of carbonyl (C=O) groups is 1. The highest BCUT2D eigenvalue weighted by Crippen LogP contribution is 2.29. The molecule has 2 aromatic heterocycles. The van der Waals surface area contributed by atoms with E-state index in [1.54, 1.807) is 0 Å². The van der Waals surface area contributed by atoms with Crippen molar-refractivity contribution >= 4 is 16.8 Å². The minimum atomic E-state index is 0.0894. The molecular weight excluding hydrogens is 324 g/mol. The van der Waals surface area contributed by atoms with Gasteiger partial charge in [-0.2, -0.15) is 0 Å². The number of nitrogens with zero attached hydrogens (tertiary/aromatic N) is 2. The minimum Gasteiger partial charge on any atom is -0.460 e. The van der Waals surface area contributed by atoms with Gasteiger partial charge in [0.2, 0.25) is 0 Å². The van der Waals surface area contributed by atoms with Crippen molar-refractivity contribution in [2.45, 2.75) is 27.2 Å². The lowest BCUT2D eigenvalue weighted by atomic mass is 9.91. The highest BCUT2D eigenvalue weighted by Gasteiger charge is 2.27. The van der Waals surface area contributed by atoms with Crippen molar-refractivity contribution in [1.82, 2.24) is 9.88 Å². The quantitative estimate of drug-likeness (QED) is 0.660. The first-order valence-electron chi connectivity index (χ1n) is 9.27. The molecule has 0 unspecified atom stereocenters. The van der Waals surface area contributed by atoms with Gasteiger partial charge in [-0.25, -0.2) is 4.98 Å². The van der Waals surface area contributed by atoms with Gasteiger partial charge in [0.15, 0.2) is 5.76 Å². The number of furan rings is 1. The Kier molecular flexibility index (Phi) is 4.27. The Labute approximate surface area is 153 Å². The van der Waals surface area contributed by atoms with Gasteiger partial charge in [-0.1, -0.05) is 32.0 Å². The lowest BCUT2D eigenvalue weighted by molar-refractivity contribution is 0.0625. The molecule has 4 rings (SSSR count). The van der Waals surface area contributed by atoms with E-state index in [4.69, 9.17) is 9.40 Å². The Morgan fingerprint density at radius 2 is 1.85 bits per heavy atom. The number of aryl methyl sites for hydroxylation is 1. The van der Waals surface area contributed by atoms with E-state index in [1.807, 2.05) is 54.3 Å². The number of rotatable bonds is 2. The Morgan fingerprint density at radius 1 is 1.12 bits per heavy atom. The number of hydrogen-bond acceptors (Lipinski definition) is 3. The van der Waals surface area contributed by atoms with Crippen molar-refractivity contribution in [3.63, 3.8) is 0 Å². The van der Waals surface area contributed by atoms with Crippen LogP contribution in [0.2, 0.25) is 0 Å². The summed E-state index contributed by atoms with van der Waals surface area (Å²) in [4.78, 5) is 20.1. The Hall–Kier alpha value is -2.62. The molecule has 4 heteroatoms. The highest BCUT2D eigenvalue weighted by molar-refractivity contribution is 6.07. The Balaban J connectivity index is 1.81. The van der Waals surface area contributed by atoms with E-state index >= 15 is 0 Å². The molecule has 2 atom stereocenters. The first kappa shape index (κ1) is 16.8. The summed E-state index contributed by atoms with van der Waals surface area (Å²) in [5.41, 5.74) is 2.24. The second-order valence-corrected chi connectivity index (χ2v) is 7.64. The van der Waals surface area contributed by atoms with E-state index in [-0.39, 0.29) is 5.91 Å². The lowest BCUT2D eigenvalue weighted by Crippen LogP contribution is -2.42. The number of piperidine rings is 1. The van der Waals surface area contributed by atoms with E-state index in [0.717, 1.165) is 29.8 Å². The topological polar surface area (TPSA) is 46.3 Å². The molecule has 0 aliphatic carbocycles. The summed E-state index contributed by atoms with van der Waals surface area (Å²) in [6, 6.07) is 13.5. The minimum absolute atomic E-state index is 0.0894. The third-order valence-electron chi connectivity index (χ3n) is 5.10. The second-order valence-electron chi connectivity index (χ2n) is 7.64. The molecule has 0 spiro atoms. The van der Waals surface area contributed by atoms with Crippen molar-refractivity contribution in [3.05, 3.63) is 53.8 Å². The van der Waals surface area contributed by atoms with Gasteiger partial charge in [0.1, 0.15) is 11.5 Å². The van der Waals surface area contributed by atoms with Gasteiger partial charge in [0, 0.05) is 18.5 Å². The molecule has 0 saturated carbocycles. The Morgan fingerprint density at radius 3 is 2.54 bits per heavy atom. The van der Waals surface area contributed by atoms with Gasteiger partial charge >= 0.3 is 0 Å². The number of benzene rings is 1. The molecule has 134 valence electrons. The monoisotopic (exact) mass is 348 g/mol. The van der Waals surface area contributed by atoms with E-state index in [9.17, 15) is 4.79 Å². The maximum Gasteiger partial charge on any atom is 0.254 e. The number of hydrogen-bond donors (Lipinski definition) is 0. The maximum absolute atomic E-state index is 13.4. The average Bonchev–Trinajstić information content (AvgIpc) is 3.06. The maximum atomic E-state index is 13.4. The number of para-hydroxylation sites is 1. The number of pyridine rings is 1. The van der Waals surface area contributed by atoms with Crippen LogP contribution in [0.15, 0.2) is 46.9 Å². The SMILES string of the molecule is Cc1ccc(-c2cc(C(=O)N3C[C@H](C)C[C@@H](C)C3)c3ccccc3n2)o1. The van der Waals surface area contributed by atoms with E-state index < -0.39 is 0 Å². The fourth-order valence-electron chi connectivity index (χ4n) is 4.05. The van der Waals surface area contributed by atoms with Crippen molar-refractivity contribution in [3.8, 4) is 11.5 Å². The number of aromatic nitrogens is 1. The van der Waals surface area contributed by atoms with Crippen LogP contribution in [0.5, 0.6) is 0 Å². The van der Waals surface area contributed by atoms with Crippen LogP contribution in [0.4, 0.5) is 0 Å². The molecule has 0 radical (unpaired) electrons. The molecule has 1 fully saturated rings. The van der Waals surface area contributed by atoms with Gasteiger partial charge in [0.25, 0.3) is 5.91 Å². The molecular formula is C22H24N2O2. The fourth-order valence-corrected chi connectivity index (χ4v) is 4.05. The van der Waals surface area contributed by atoms with Crippen LogP contribution in [0, 0.1) is 18.8 Å². The first-order valence-corrected chi connectivity index (χ1v) is 9.27.